The van der Waals surface area contributed by atoms with Gasteiger partial charge in [-0.2, -0.15) is 10.1 Å². The monoisotopic (exact) mass is 322 g/mol. The lowest BCUT2D eigenvalue weighted by Gasteiger charge is -2.32. The van der Waals surface area contributed by atoms with Crippen molar-refractivity contribution in [1.82, 2.24) is 5.06 Å². The normalized spacial score (nSPS) is 17.5. The molecule has 1 aromatic rings. The molecule has 4 N–H and O–H groups in total. The van der Waals surface area contributed by atoms with Gasteiger partial charge in [-0.15, -0.1) is 0 Å². The zero-order valence-electron chi connectivity index (χ0n) is 11.7. The van der Waals surface area contributed by atoms with Crippen LogP contribution in [-0.2, 0) is 9.63 Å². The minimum absolute atomic E-state index is 0.230. The summed E-state index contributed by atoms with van der Waals surface area (Å²) in [5, 5.41) is 14.2. The summed E-state index contributed by atoms with van der Waals surface area (Å²) in [6.45, 7) is 0.627. The minimum atomic E-state index is -0.640. The van der Waals surface area contributed by atoms with Gasteiger partial charge in [0.1, 0.15) is 5.84 Å². The van der Waals surface area contributed by atoms with Gasteiger partial charge in [0.25, 0.3) is 17.5 Å². The fraction of sp³-hybridized carbons (Fsp3) is 0.286. The van der Waals surface area contributed by atoms with Gasteiger partial charge in [0.05, 0.1) is 22.9 Å². The van der Waals surface area contributed by atoms with E-state index in [-0.39, 0.29) is 10.8 Å². The summed E-state index contributed by atoms with van der Waals surface area (Å²) in [4.78, 5) is 21.7. The van der Waals surface area contributed by atoms with E-state index in [9.17, 15) is 9.90 Å². The first-order valence-corrected chi connectivity index (χ1v) is 7.25. The molecule has 0 radical (unpaired) electrons. The number of nitrogens with two attached hydrogens (primary N) is 1. The number of nitrogens with zero attached hydrogens (tertiary/aromatic N) is 2. The molecule has 0 atom stereocenters. The SMILES string of the molecule is Nc1cccc(NC(=O)C2=C(O)N=C3CCCCN3O2)c1Cl. The number of rotatable bonds is 2. The maximum atomic E-state index is 12.3. The third-order valence-electron chi connectivity index (χ3n) is 3.42. The molecule has 8 heteroatoms. The number of piperidine rings is 1. The number of hydrogen-bond acceptors (Lipinski definition) is 6. The predicted molar refractivity (Wildman–Crippen MR) is 83.2 cm³/mol. The Bertz CT molecular complexity index is 687. The van der Waals surface area contributed by atoms with Crippen LogP contribution in [0.3, 0.4) is 0 Å². The molecule has 2 aliphatic heterocycles. The van der Waals surface area contributed by atoms with Gasteiger partial charge in [-0.3, -0.25) is 4.79 Å². The second-order valence-corrected chi connectivity index (χ2v) is 5.37. The largest absolute Gasteiger partial charge is 0.490 e. The molecule has 2 heterocycles. The number of carbonyl (C=O) groups is 1. The fourth-order valence-electron chi connectivity index (χ4n) is 2.29. The second kappa shape index (κ2) is 5.76. The van der Waals surface area contributed by atoms with Crippen LogP contribution in [0.5, 0.6) is 0 Å². The van der Waals surface area contributed by atoms with Gasteiger partial charge in [-0.25, -0.2) is 0 Å². The number of carbonyl (C=O) groups excluding carboxylic acids is 1. The van der Waals surface area contributed by atoms with Crippen molar-refractivity contribution >= 4 is 34.7 Å². The molecule has 2 aliphatic rings. The van der Waals surface area contributed by atoms with Crippen molar-refractivity contribution in [2.45, 2.75) is 19.3 Å². The van der Waals surface area contributed by atoms with Crippen LogP contribution in [0, 0.1) is 0 Å². The molecule has 0 aromatic heterocycles. The molecule has 22 heavy (non-hydrogen) atoms. The number of anilines is 2. The molecule has 0 spiro atoms. The van der Waals surface area contributed by atoms with E-state index >= 15 is 0 Å². The Labute approximate surface area is 132 Å². The Balaban J connectivity index is 1.82. The first kappa shape index (κ1) is 14.5. The number of halogens is 1. The summed E-state index contributed by atoms with van der Waals surface area (Å²) in [5.41, 5.74) is 6.37. The predicted octanol–water partition coefficient (Wildman–Crippen LogP) is 2.42. The van der Waals surface area contributed by atoms with Gasteiger partial charge < -0.3 is 21.0 Å². The van der Waals surface area contributed by atoms with Crippen LogP contribution >= 0.6 is 11.6 Å². The van der Waals surface area contributed by atoms with Crippen LogP contribution < -0.4 is 11.1 Å². The topological polar surface area (TPSA) is 100 Å². The number of amidine groups is 1. The average Bonchev–Trinajstić information content (AvgIpc) is 2.51. The number of hydrogen-bond donors (Lipinski definition) is 3. The van der Waals surface area contributed by atoms with Crippen LogP contribution in [0.2, 0.25) is 5.02 Å². The van der Waals surface area contributed by atoms with Crippen molar-refractivity contribution in [3.05, 3.63) is 34.9 Å². The fourth-order valence-corrected chi connectivity index (χ4v) is 2.47. The number of fused-ring (bicyclic) bond motifs is 1. The number of nitrogen functional groups attached to an aromatic ring is 1. The molecule has 0 bridgehead atoms. The van der Waals surface area contributed by atoms with Gasteiger partial charge in [0.15, 0.2) is 0 Å². The molecule has 1 saturated heterocycles. The molecule has 0 unspecified atom stereocenters. The number of nitrogens with one attached hydrogen (secondary N) is 1. The van der Waals surface area contributed by atoms with Crippen molar-refractivity contribution in [2.75, 3.05) is 17.6 Å². The van der Waals surface area contributed by atoms with Crippen LogP contribution in [0.1, 0.15) is 19.3 Å². The van der Waals surface area contributed by atoms with Crippen molar-refractivity contribution in [2.24, 2.45) is 4.99 Å². The lowest BCUT2D eigenvalue weighted by Crippen LogP contribution is -2.40. The van der Waals surface area contributed by atoms with Gasteiger partial charge in [-0.05, 0) is 25.0 Å². The Kier molecular flexibility index (Phi) is 3.81. The zero-order chi connectivity index (χ0) is 15.7. The molecule has 3 rings (SSSR count). The molecule has 1 amide bonds. The highest BCUT2D eigenvalue weighted by Gasteiger charge is 2.30. The summed E-state index contributed by atoms with van der Waals surface area (Å²) in [7, 11) is 0. The van der Waals surface area contributed by atoms with E-state index in [1.54, 1.807) is 18.2 Å². The quantitative estimate of drug-likeness (QED) is 0.726. The minimum Gasteiger partial charge on any atom is -0.490 e. The number of hydroxylamine groups is 2. The van der Waals surface area contributed by atoms with Crippen molar-refractivity contribution in [3.8, 4) is 0 Å². The summed E-state index contributed by atoms with van der Waals surface area (Å²) in [5.74, 6) is -0.713. The lowest BCUT2D eigenvalue weighted by atomic mass is 10.1. The van der Waals surface area contributed by atoms with Gasteiger partial charge in [-0.1, -0.05) is 17.7 Å². The van der Waals surface area contributed by atoms with E-state index in [1.807, 2.05) is 0 Å². The molecule has 0 aliphatic carbocycles. The first-order chi connectivity index (χ1) is 10.6. The molecule has 1 aromatic carbocycles. The maximum Gasteiger partial charge on any atom is 0.299 e. The van der Waals surface area contributed by atoms with Gasteiger partial charge in [0, 0.05) is 6.42 Å². The highest BCUT2D eigenvalue weighted by Crippen LogP contribution is 2.29. The van der Waals surface area contributed by atoms with Crippen LogP contribution in [0.15, 0.2) is 34.8 Å². The summed E-state index contributed by atoms with van der Waals surface area (Å²) in [6.07, 6.45) is 2.63. The standard InChI is InChI=1S/C14H15ClN4O3/c15-11-8(16)4-3-5-9(11)17-13(20)12-14(21)18-10-6-1-2-7-19(10)22-12/h3-5,21H,1-2,6-7,16H2,(H,17,20). The van der Waals surface area contributed by atoms with Gasteiger partial charge >= 0.3 is 0 Å². The van der Waals surface area contributed by atoms with E-state index in [2.05, 4.69) is 10.3 Å². The number of aliphatic imine (C=N–C) groups is 1. The average molecular weight is 323 g/mol. The number of benzene rings is 1. The molecule has 1 fully saturated rings. The number of amides is 1. The molecule has 7 nitrogen and oxygen atoms in total. The summed E-state index contributed by atoms with van der Waals surface area (Å²) < 4.78 is 0. The Hall–Kier alpha value is -2.41. The Morgan fingerprint density at radius 1 is 1.45 bits per heavy atom. The van der Waals surface area contributed by atoms with Crippen molar-refractivity contribution in [3.63, 3.8) is 0 Å². The molecular weight excluding hydrogens is 308 g/mol. The second-order valence-electron chi connectivity index (χ2n) is 4.99. The van der Waals surface area contributed by atoms with Crippen LogP contribution in [-0.4, -0.2) is 28.5 Å². The van der Waals surface area contributed by atoms with E-state index < -0.39 is 11.8 Å². The summed E-state index contributed by atoms with van der Waals surface area (Å²) >= 11 is 6.03. The zero-order valence-corrected chi connectivity index (χ0v) is 12.4. The highest BCUT2D eigenvalue weighted by molar-refractivity contribution is 6.36. The van der Waals surface area contributed by atoms with E-state index in [0.29, 0.717) is 30.2 Å². The van der Waals surface area contributed by atoms with Crippen molar-refractivity contribution < 1.29 is 14.7 Å². The first-order valence-electron chi connectivity index (χ1n) is 6.88. The van der Waals surface area contributed by atoms with Crippen molar-refractivity contribution in [1.29, 1.82) is 0 Å². The van der Waals surface area contributed by atoms with E-state index in [1.165, 1.54) is 5.06 Å². The molecule has 116 valence electrons. The maximum absolute atomic E-state index is 12.3. The number of aliphatic hydroxyl groups is 1. The number of aliphatic hydroxyl groups excluding tert-OH is 1. The lowest BCUT2D eigenvalue weighted by molar-refractivity contribution is -0.128. The van der Waals surface area contributed by atoms with Gasteiger partial charge in [0.2, 0.25) is 0 Å². The Morgan fingerprint density at radius 2 is 2.27 bits per heavy atom. The summed E-state index contributed by atoms with van der Waals surface area (Å²) in [6, 6.07) is 4.89. The smallest absolute Gasteiger partial charge is 0.299 e. The Morgan fingerprint density at radius 3 is 3.09 bits per heavy atom. The van der Waals surface area contributed by atoms with E-state index in [4.69, 9.17) is 22.2 Å². The third-order valence-corrected chi connectivity index (χ3v) is 3.84. The van der Waals surface area contributed by atoms with E-state index in [0.717, 1.165) is 12.8 Å². The van der Waals surface area contributed by atoms with Crippen LogP contribution in [0.25, 0.3) is 0 Å². The van der Waals surface area contributed by atoms with Crippen LogP contribution in [0.4, 0.5) is 11.4 Å². The highest BCUT2D eigenvalue weighted by atomic mass is 35.5. The third kappa shape index (κ3) is 2.67. The molecule has 0 saturated carbocycles. The molecular formula is C14H15ClN4O3.